The molecule has 0 aromatic heterocycles. The first-order chi connectivity index (χ1) is 10.2. The Kier molecular flexibility index (Phi) is 11.8. The van der Waals surface area contributed by atoms with E-state index in [9.17, 15) is 4.79 Å². The van der Waals surface area contributed by atoms with Crippen LogP contribution in [0, 0.1) is 0 Å². The van der Waals surface area contributed by atoms with E-state index in [0.717, 1.165) is 44.4 Å². The highest BCUT2D eigenvalue weighted by molar-refractivity contribution is 5.85. The van der Waals surface area contributed by atoms with Crippen molar-refractivity contribution in [2.75, 3.05) is 20.3 Å². The molecule has 1 rings (SSSR count). The summed E-state index contributed by atoms with van der Waals surface area (Å²) in [6, 6.07) is 9.67. The van der Waals surface area contributed by atoms with Crippen molar-refractivity contribution in [3.8, 4) is 0 Å². The highest BCUT2D eigenvalue weighted by Gasteiger charge is 2.20. The monoisotopic (exact) mass is 328 g/mol. The molecule has 1 aromatic rings. The van der Waals surface area contributed by atoms with Crippen LogP contribution in [0.5, 0.6) is 0 Å². The van der Waals surface area contributed by atoms with Crippen LogP contribution < -0.4 is 5.73 Å². The first-order valence-electron chi connectivity index (χ1n) is 7.76. The summed E-state index contributed by atoms with van der Waals surface area (Å²) in [6.07, 6.45) is 3.56. The molecule has 0 saturated heterocycles. The van der Waals surface area contributed by atoms with Gasteiger partial charge in [0.1, 0.15) is 0 Å². The molecule has 0 aliphatic carbocycles. The normalized spacial score (nSPS) is 11.6. The van der Waals surface area contributed by atoms with Gasteiger partial charge >= 0.3 is 0 Å². The molecule has 1 unspecified atom stereocenters. The van der Waals surface area contributed by atoms with Crippen molar-refractivity contribution < 1.29 is 9.53 Å². The summed E-state index contributed by atoms with van der Waals surface area (Å²) >= 11 is 0. The van der Waals surface area contributed by atoms with E-state index in [1.54, 1.807) is 7.11 Å². The van der Waals surface area contributed by atoms with E-state index in [1.165, 1.54) is 0 Å². The second-order valence-electron chi connectivity index (χ2n) is 5.34. The highest BCUT2D eigenvalue weighted by Crippen LogP contribution is 2.09. The zero-order chi connectivity index (χ0) is 15.5. The SMILES string of the molecule is CCCC(N)C(=O)N(CCCCOC)Cc1ccccc1.Cl. The Bertz CT molecular complexity index is 401. The number of carbonyl (C=O) groups is 1. The van der Waals surface area contributed by atoms with Crippen LogP contribution in [0.3, 0.4) is 0 Å². The number of amides is 1. The van der Waals surface area contributed by atoms with E-state index in [2.05, 4.69) is 0 Å². The van der Waals surface area contributed by atoms with Crippen molar-refractivity contribution in [1.82, 2.24) is 4.90 Å². The lowest BCUT2D eigenvalue weighted by molar-refractivity contribution is -0.133. The molecule has 0 spiro atoms. The number of carbonyl (C=O) groups excluding carboxylic acids is 1. The van der Waals surface area contributed by atoms with E-state index in [0.29, 0.717) is 6.54 Å². The molecule has 2 N–H and O–H groups in total. The van der Waals surface area contributed by atoms with Gasteiger partial charge in [-0.3, -0.25) is 4.79 Å². The lowest BCUT2D eigenvalue weighted by atomic mass is 10.1. The number of hydrogen-bond acceptors (Lipinski definition) is 3. The Labute approximate surface area is 140 Å². The maximum Gasteiger partial charge on any atom is 0.239 e. The number of unbranched alkanes of at least 4 members (excludes halogenated alkanes) is 1. The summed E-state index contributed by atoms with van der Waals surface area (Å²) in [7, 11) is 1.70. The minimum absolute atomic E-state index is 0. The van der Waals surface area contributed by atoms with Gasteiger partial charge in [-0.15, -0.1) is 12.4 Å². The lowest BCUT2D eigenvalue weighted by Crippen LogP contribution is -2.43. The first-order valence-corrected chi connectivity index (χ1v) is 7.76. The number of ether oxygens (including phenoxy) is 1. The molecule has 22 heavy (non-hydrogen) atoms. The second-order valence-corrected chi connectivity index (χ2v) is 5.34. The van der Waals surface area contributed by atoms with Crippen molar-refractivity contribution in [2.45, 2.75) is 45.2 Å². The van der Waals surface area contributed by atoms with Crippen molar-refractivity contribution in [3.63, 3.8) is 0 Å². The number of methoxy groups -OCH3 is 1. The van der Waals surface area contributed by atoms with E-state index < -0.39 is 0 Å². The average molecular weight is 329 g/mol. The van der Waals surface area contributed by atoms with Gasteiger partial charge in [0.05, 0.1) is 6.04 Å². The van der Waals surface area contributed by atoms with Crippen LogP contribution >= 0.6 is 12.4 Å². The molecule has 0 fully saturated rings. The summed E-state index contributed by atoms with van der Waals surface area (Å²) < 4.78 is 5.06. The zero-order valence-corrected chi connectivity index (χ0v) is 14.5. The third-order valence-corrected chi connectivity index (χ3v) is 3.47. The first kappa shape index (κ1) is 20.9. The molecule has 4 nitrogen and oxygen atoms in total. The fourth-order valence-corrected chi connectivity index (χ4v) is 2.29. The molecule has 0 aliphatic heterocycles. The second kappa shape index (κ2) is 12.4. The van der Waals surface area contributed by atoms with Crippen LogP contribution in [0.1, 0.15) is 38.2 Å². The third-order valence-electron chi connectivity index (χ3n) is 3.47. The van der Waals surface area contributed by atoms with Crippen molar-refractivity contribution >= 4 is 18.3 Å². The Morgan fingerprint density at radius 1 is 1.27 bits per heavy atom. The number of hydrogen-bond donors (Lipinski definition) is 1. The lowest BCUT2D eigenvalue weighted by Gasteiger charge is -2.26. The standard InChI is InChI=1S/C17H28N2O2.ClH/c1-3-9-16(18)17(20)19(12-7-8-13-21-2)14-15-10-5-4-6-11-15;/h4-6,10-11,16H,3,7-9,12-14,18H2,1-2H3;1H. The third kappa shape index (κ3) is 7.78. The van der Waals surface area contributed by atoms with Crippen LogP contribution in [0.2, 0.25) is 0 Å². The van der Waals surface area contributed by atoms with Crippen LogP contribution in [-0.4, -0.2) is 37.1 Å². The van der Waals surface area contributed by atoms with Crippen LogP contribution in [-0.2, 0) is 16.1 Å². The predicted molar refractivity (Wildman–Crippen MR) is 93.1 cm³/mol. The molecular weight excluding hydrogens is 300 g/mol. The molecule has 0 saturated carbocycles. The molecule has 0 radical (unpaired) electrons. The van der Waals surface area contributed by atoms with Gasteiger partial charge < -0.3 is 15.4 Å². The minimum Gasteiger partial charge on any atom is -0.385 e. The Balaban J connectivity index is 0.00000441. The summed E-state index contributed by atoms with van der Waals surface area (Å²) in [4.78, 5) is 14.4. The molecule has 0 bridgehead atoms. The Morgan fingerprint density at radius 3 is 2.55 bits per heavy atom. The number of halogens is 1. The predicted octanol–water partition coefficient (Wildman–Crippen LogP) is 2.99. The van der Waals surface area contributed by atoms with Gasteiger partial charge in [0.15, 0.2) is 0 Å². The zero-order valence-electron chi connectivity index (χ0n) is 13.7. The smallest absolute Gasteiger partial charge is 0.239 e. The van der Waals surface area contributed by atoms with Gasteiger partial charge in [-0.1, -0.05) is 43.7 Å². The Morgan fingerprint density at radius 2 is 1.95 bits per heavy atom. The summed E-state index contributed by atoms with van der Waals surface area (Å²) in [6.45, 7) is 4.14. The number of nitrogens with two attached hydrogens (primary N) is 1. The molecular formula is C17H29ClN2O2. The van der Waals surface area contributed by atoms with E-state index >= 15 is 0 Å². The maximum absolute atomic E-state index is 12.5. The quantitative estimate of drug-likeness (QED) is 0.672. The van der Waals surface area contributed by atoms with Crippen LogP contribution in [0.25, 0.3) is 0 Å². The Hall–Kier alpha value is -1.10. The van der Waals surface area contributed by atoms with Crippen molar-refractivity contribution in [1.29, 1.82) is 0 Å². The summed E-state index contributed by atoms with van der Waals surface area (Å²) in [5, 5.41) is 0. The summed E-state index contributed by atoms with van der Waals surface area (Å²) in [5.74, 6) is 0.0538. The van der Waals surface area contributed by atoms with E-state index in [-0.39, 0.29) is 24.4 Å². The molecule has 1 aromatic carbocycles. The largest absolute Gasteiger partial charge is 0.385 e. The van der Waals surface area contributed by atoms with E-state index in [1.807, 2.05) is 42.2 Å². The minimum atomic E-state index is -0.388. The average Bonchev–Trinajstić information content (AvgIpc) is 2.51. The molecule has 0 heterocycles. The summed E-state index contributed by atoms with van der Waals surface area (Å²) in [5.41, 5.74) is 7.14. The fraction of sp³-hybridized carbons (Fsp3) is 0.588. The molecule has 1 atom stereocenters. The van der Waals surface area contributed by atoms with Gasteiger partial charge in [0, 0.05) is 26.8 Å². The number of nitrogens with zero attached hydrogens (tertiary/aromatic N) is 1. The highest BCUT2D eigenvalue weighted by atomic mass is 35.5. The molecule has 5 heteroatoms. The number of rotatable bonds is 10. The van der Waals surface area contributed by atoms with Gasteiger partial charge in [0.2, 0.25) is 5.91 Å². The van der Waals surface area contributed by atoms with Crippen molar-refractivity contribution in [2.24, 2.45) is 5.73 Å². The topological polar surface area (TPSA) is 55.6 Å². The van der Waals surface area contributed by atoms with Crippen molar-refractivity contribution in [3.05, 3.63) is 35.9 Å². The maximum atomic E-state index is 12.5. The van der Waals surface area contributed by atoms with Gasteiger partial charge in [-0.25, -0.2) is 0 Å². The fourth-order valence-electron chi connectivity index (χ4n) is 2.29. The molecule has 0 aliphatic rings. The van der Waals surface area contributed by atoms with Gasteiger partial charge in [-0.05, 0) is 24.8 Å². The number of benzene rings is 1. The van der Waals surface area contributed by atoms with Gasteiger partial charge in [-0.2, -0.15) is 0 Å². The van der Waals surface area contributed by atoms with Crippen LogP contribution in [0.4, 0.5) is 0 Å². The van der Waals surface area contributed by atoms with E-state index in [4.69, 9.17) is 10.5 Å². The molecule has 126 valence electrons. The molecule has 1 amide bonds. The van der Waals surface area contributed by atoms with Gasteiger partial charge in [0.25, 0.3) is 0 Å². The van der Waals surface area contributed by atoms with Crippen LogP contribution in [0.15, 0.2) is 30.3 Å².